The summed E-state index contributed by atoms with van der Waals surface area (Å²) in [5.41, 5.74) is 7.82. The summed E-state index contributed by atoms with van der Waals surface area (Å²) in [4.78, 5) is 2.34. The second-order valence-electron chi connectivity index (χ2n) is 4.92. The fraction of sp³-hybridized carbons (Fsp3) is 0.600. The largest absolute Gasteiger partial charge is 0.491 e. The zero-order valence-electron chi connectivity index (χ0n) is 11.9. The molecule has 0 saturated carbocycles. The molecule has 2 N–H and O–H groups in total. The van der Waals surface area contributed by atoms with Crippen molar-refractivity contribution in [1.82, 2.24) is 0 Å². The van der Waals surface area contributed by atoms with E-state index >= 15 is 0 Å². The van der Waals surface area contributed by atoms with Crippen molar-refractivity contribution in [3.63, 3.8) is 0 Å². The van der Waals surface area contributed by atoms with Crippen LogP contribution < -0.4 is 15.4 Å². The summed E-state index contributed by atoms with van der Waals surface area (Å²) in [6.07, 6.45) is 2.36. The Bertz CT molecular complexity index is 409. The van der Waals surface area contributed by atoms with E-state index in [9.17, 15) is 0 Å². The van der Waals surface area contributed by atoms with Crippen molar-refractivity contribution in [1.29, 1.82) is 0 Å². The number of nitrogens with two attached hydrogens (primary N) is 1. The highest BCUT2D eigenvalue weighted by Gasteiger charge is 2.19. The van der Waals surface area contributed by atoms with Crippen LogP contribution >= 0.6 is 0 Å². The number of morpholine rings is 1. The van der Waals surface area contributed by atoms with Gasteiger partial charge in [0.1, 0.15) is 5.75 Å². The Morgan fingerprint density at radius 2 is 2.26 bits per heavy atom. The van der Waals surface area contributed by atoms with E-state index in [0.717, 1.165) is 38.3 Å². The third-order valence-corrected chi connectivity index (χ3v) is 3.42. The highest BCUT2D eigenvalue weighted by molar-refractivity contribution is 5.62. The van der Waals surface area contributed by atoms with Crippen molar-refractivity contribution in [3.05, 3.63) is 18.2 Å². The maximum Gasteiger partial charge on any atom is 0.144 e. The Balaban J connectivity index is 2.10. The molecule has 1 aromatic carbocycles. The average molecular weight is 264 g/mol. The molecule has 0 aliphatic carbocycles. The molecule has 1 atom stereocenters. The van der Waals surface area contributed by atoms with Crippen molar-refractivity contribution in [2.24, 2.45) is 0 Å². The van der Waals surface area contributed by atoms with Crippen LogP contribution in [0.2, 0.25) is 0 Å². The van der Waals surface area contributed by atoms with Crippen LogP contribution in [0.15, 0.2) is 18.2 Å². The van der Waals surface area contributed by atoms with Crippen LogP contribution in [0.25, 0.3) is 0 Å². The van der Waals surface area contributed by atoms with Gasteiger partial charge in [0.05, 0.1) is 25.0 Å². The quantitative estimate of drug-likeness (QED) is 0.831. The molecule has 106 valence electrons. The maximum absolute atomic E-state index is 5.95. The Morgan fingerprint density at radius 1 is 1.42 bits per heavy atom. The fourth-order valence-electron chi connectivity index (χ4n) is 2.26. The number of nitrogen functional groups attached to an aromatic ring is 1. The van der Waals surface area contributed by atoms with E-state index in [1.54, 1.807) is 0 Å². The van der Waals surface area contributed by atoms with Gasteiger partial charge in [0.25, 0.3) is 0 Å². The Labute approximate surface area is 115 Å². The number of nitrogens with zero attached hydrogens (tertiary/aromatic N) is 1. The van der Waals surface area contributed by atoms with Crippen LogP contribution in [0.3, 0.4) is 0 Å². The second kappa shape index (κ2) is 6.66. The molecule has 2 rings (SSSR count). The van der Waals surface area contributed by atoms with E-state index in [0.29, 0.717) is 18.4 Å². The van der Waals surface area contributed by atoms with Gasteiger partial charge >= 0.3 is 0 Å². The minimum Gasteiger partial charge on any atom is -0.491 e. The number of rotatable bonds is 5. The SMILES string of the molecule is CCCOc1cc(N2CCOC(CC)C2)ccc1N. The van der Waals surface area contributed by atoms with Crippen molar-refractivity contribution in [2.75, 3.05) is 36.9 Å². The van der Waals surface area contributed by atoms with Crippen molar-refractivity contribution in [2.45, 2.75) is 32.8 Å². The molecule has 0 amide bonds. The van der Waals surface area contributed by atoms with E-state index in [2.05, 4.69) is 24.8 Å². The lowest BCUT2D eigenvalue weighted by molar-refractivity contribution is 0.0384. The lowest BCUT2D eigenvalue weighted by Crippen LogP contribution is -2.42. The highest BCUT2D eigenvalue weighted by atomic mass is 16.5. The monoisotopic (exact) mass is 264 g/mol. The lowest BCUT2D eigenvalue weighted by atomic mass is 10.2. The Morgan fingerprint density at radius 3 is 3.00 bits per heavy atom. The maximum atomic E-state index is 5.95. The number of ether oxygens (including phenoxy) is 2. The molecule has 4 heteroatoms. The van der Waals surface area contributed by atoms with E-state index in [1.807, 2.05) is 12.1 Å². The van der Waals surface area contributed by atoms with Gasteiger partial charge in [0, 0.05) is 24.8 Å². The summed E-state index contributed by atoms with van der Waals surface area (Å²) in [7, 11) is 0. The summed E-state index contributed by atoms with van der Waals surface area (Å²) < 4.78 is 11.4. The molecule has 19 heavy (non-hydrogen) atoms. The molecule has 1 fully saturated rings. The molecule has 0 spiro atoms. The third-order valence-electron chi connectivity index (χ3n) is 3.42. The molecular weight excluding hydrogens is 240 g/mol. The first kappa shape index (κ1) is 14.0. The van der Waals surface area contributed by atoms with Gasteiger partial charge in [-0.3, -0.25) is 0 Å². The molecular formula is C15H24N2O2. The summed E-state index contributed by atoms with van der Waals surface area (Å²) in [6.45, 7) is 7.60. The molecule has 0 radical (unpaired) electrons. The molecule has 1 unspecified atom stereocenters. The van der Waals surface area contributed by atoms with Gasteiger partial charge in [0.2, 0.25) is 0 Å². The first-order chi connectivity index (χ1) is 9.24. The number of hydrogen-bond acceptors (Lipinski definition) is 4. The van der Waals surface area contributed by atoms with Gasteiger partial charge in [0.15, 0.2) is 0 Å². The summed E-state index contributed by atoms with van der Waals surface area (Å²) in [6, 6.07) is 6.03. The second-order valence-corrected chi connectivity index (χ2v) is 4.92. The molecule has 1 aromatic rings. The van der Waals surface area contributed by atoms with Crippen molar-refractivity contribution < 1.29 is 9.47 Å². The Hall–Kier alpha value is -1.42. The predicted molar refractivity (Wildman–Crippen MR) is 78.9 cm³/mol. The zero-order chi connectivity index (χ0) is 13.7. The number of benzene rings is 1. The normalized spacial score (nSPS) is 19.5. The summed E-state index contributed by atoms with van der Waals surface area (Å²) >= 11 is 0. The molecule has 1 saturated heterocycles. The van der Waals surface area contributed by atoms with E-state index in [-0.39, 0.29) is 0 Å². The third kappa shape index (κ3) is 3.53. The van der Waals surface area contributed by atoms with Crippen molar-refractivity contribution >= 4 is 11.4 Å². The van der Waals surface area contributed by atoms with Crippen LogP contribution in [0.1, 0.15) is 26.7 Å². The van der Waals surface area contributed by atoms with Crippen LogP contribution in [0.4, 0.5) is 11.4 Å². The Kier molecular flexibility index (Phi) is 4.91. The molecule has 0 bridgehead atoms. The first-order valence-electron chi connectivity index (χ1n) is 7.13. The molecule has 1 aliphatic heterocycles. The highest BCUT2D eigenvalue weighted by Crippen LogP contribution is 2.29. The van der Waals surface area contributed by atoms with Crippen LogP contribution in [0.5, 0.6) is 5.75 Å². The lowest BCUT2D eigenvalue weighted by Gasteiger charge is -2.34. The molecule has 0 aromatic heterocycles. The van der Waals surface area contributed by atoms with E-state index in [4.69, 9.17) is 15.2 Å². The van der Waals surface area contributed by atoms with Crippen LogP contribution in [-0.4, -0.2) is 32.4 Å². The summed E-state index contributed by atoms with van der Waals surface area (Å²) in [5, 5.41) is 0. The summed E-state index contributed by atoms with van der Waals surface area (Å²) in [5.74, 6) is 0.791. The number of hydrogen-bond donors (Lipinski definition) is 1. The minimum atomic E-state index is 0.325. The van der Waals surface area contributed by atoms with Gasteiger partial charge in [-0.05, 0) is 25.0 Å². The van der Waals surface area contributed by atoms with Gasteiger partial charge in [-0.1, -0.05) is 13.8 Å². The number of anilines is 2. The van der Waals surface area contributed by atoms with E-state index in [1.165, 1.54) is 5.69 Å². The van der Waals surface area contributed by atoms with Crippen LogP contribution in [-0.2, 0) is 4.74 Å². The fourth-order valence-corrected chi connectivity index (χ4v) is 2.26. The zero-order valence-corrected chi connectivity index (χ0v) is 11.9. The van der Waals surface area contributed by atoms with Crippen LogP contribution in [0, 0.1) is 0 Å². The van der Waals surface area contributed by atoms with Gasteiger partial charge < -0.3 is 20.1 Å². The smallest absolute Gasteiger partial charge is 0.144 e. The molecule has 4 nitrogen and oxygen atoms in total. The van der Waals surface area contributed by atoms with Gasteiger partial charge in [-0.15, -0.1) is 0 Å². The predicted octanol–water partition coefficient (Wildman–Crippen LogP) is 2.67. The van der Waals surface area contributed by atoms with Gasteiger partial charge in [-0.25, -0.2) is 0 Å². The first-order valence-corrected chi connectivity index (χ1v) is 7.13. The average Bonchev–Trinajstić information content (AvgIpc) is 2.46. The molecule has 1 aliphatic rings. The molecule has 1 heterocycles. The van der Waals surface area contributed by atoms with Gasteiger partial charge in [-0.2, -0.15) is 0 Å². The van der Waals surface area contributed by atoms with Crippen molar-refractivity contribution in [3.8, 4) is 5.75 Å². The van der Waals surface area contributed by atoms with E-state index < -0.39 is 0 Å². The topological polar surface area (TPSA) is 47.7 Å². The standard InChI is InChI=1S/C15H24N2O2/c1-3-8-19-15-10-12(5-6-14(15)16)17-7-9-18-13(4-2)11-17/h5-6,10,13H,3-4,7-9,11,16H2,1-2H3. The minimum absolute atomic E-state index is 0.325.